The van der Waals surface area contributed by atoms with Crippen LogP contribution in [-0.2, 0) is 19.2 Å². The second-order valence-electron chi connectivity index (χ2n) is 9.24. The zero-order chi connectivity index (χ0) is 26.3. The fourth-order valence-electron chi connectivity index (χ4n) is 6.22. The van der Waals surface area contributed by atoms with Crippen molar-refractivity contribution in [2.75, 3.05) is 19.7 Å². The summed E-state index contributed by atoms with van der Waals surface area (Å²) in [6, 6.07) is 2.80. The normalized spacial score (nSPS) is 35.4. The molecule has 2 aliphatic carbocycles. The molecule has 10 nitrogen and oxygen atoms in total. The van der Waals surface area contributed by atoms with Crippen LogP contribution < -0.4 is 9.47 Å². The topological polar surface area (TPSA) is 134 Å². The molecule has 0 unspecified atom stereocenters. The average Bonchev–Trinajstić information content (AvgIpc) is 3.17. The lowest BCUT2D eigenvalue weighted by Gasteiger charge is -2.50. The third kappa shape index (κ3) is 2.94. The largest absolute Gasteiger partial charge is 0.507 e. The molecule has 2 heterocycles. The Balaban J connectivity index is 1.81. The Hall–Kier alpha value is -2.34. The zero-order valence-electron chi connectivity index (χ0n) is 19.0. The molecule has 5 rings (SSSR count). The zero-order valence-corrected chi connectivity index (χ0v) is 22.1. The minimum Gasteiger partial charge on any atom is -0.507 e. The number of halogens is 3. The number of carbonyl (C=O) groups excluding carboxylic acids is 4. The quantitative estimate of drug-likeness (QED) is 0.176. The molecule has 2 N–H and O–H groups in total. The van der Waals surface area contributed by atoms with Gasteiger partial charge in [0.2, 0.25) is 0 Å². The third-order valence-electron chi connectivity index (χ3n) is 7.83. The van der Waals surface area contributed by atoms with Crippen LogP contribution in [0.4, 0.5) is 0 Å². The lowest BCUT2D eigenvalue weighted by molar-refractivity contribution is -0.173. The van der Waals surface area contributed by atoms with Crippen LogP contribution in [0, 0.1) is 17.8 Å². The molecule has 0 aromatic heterocycles. The van der Waals surface area contributed by atoms with Crippen LogP contribution in [0.5, 0.6) is 17.2 Å². The first-order valence-electron chi connectivity index (χ1n) is 11.0. The van der Waals surface area contributed by atoms with Gasteiger partial charge in [0.25, 0.3) is 23.6 Å². The van der Waals surface area contributed by atoms with E-state index >= 15 is 0 Å². The second-order valence-corrected chi connectivity index (χ2v) is 11.0. The summed E-state index contributed by atoms with van der Waals surface area (Å²) in [5.41, 5.74) is 0.363. The number of benzene rings is 1. The van der Waals surface area contributed by atoms with Crippen molar-refractivity contribution in [3.05, 3.63) is 29.3 Å². The number of fused-ring (bicyclic) bond motifs is 4. The fourth-order valence-corrected chi connectivity index (χ4v) is 7.63. The van der Waals surface area contributed by atoms with E-state index in [1.807, 2.05) is 0 Å². The van der Waals surface area contributed by atoms with Crippen molar-refractivity contribution >= 4 is 62.8 Å². The first-order chi connectivity index (χ1) is 17.0. The Morgan fingerprint density at radius 1 is 1.08 bits per heavy atom. The van der Waals surface area contributed by atoms with Gasteiger partial charge in [-0.05, 0) is 18.8 Å². The van der Waals surface area contributed by atoms with Gasteiger partial charge in [-0.3, -0.25) is 29.3 Å². The maximum absolute atomic E-state index is 13.7. The smallest absolute Gasteiger partial charge is 0.257 e. The number of methoxy groups -OCH3 is 2. The summed E-state index contributed by atoms with van der Waals surface area (Å²) >= 11 is 17.3. The summed E-state index contributed by atoms with van der Waals surface area (Å²) < 4.78 is 10.7. The molecule has 0 radical (unpaired) electrons. The number of nitrogens with zero attached hydrogens (tertiary/aromatic N) is 2. The van der Waals surface area contributed by atoms with Crippen molar-refractivity contribution in [3.8, 4) is 17.2 Å². The van der Waals surface area contributed by atoms with Crippen molar-refractivity contribution in [1.82, 2.24) is 9.96 Å². The van der Waals surface area contributed by atoms with Crippen LogP contribution in [0.2, 0.25) is 0 Å². The number of hydrogen-bond acceptors (Lipinski definition) is 8. The molecule has 192 valence electrons. The number of imide groups is 2. The summed E-state index contributed by atoms with van der Waals surface area (Å²) in [7, 11) is 2.75. The van der Waals surface area contributed by atoms with Crippen molar-refractivity contribution in [2.45, 2.75) is 28.5 Å². The van der Waals surface area contributed by atoms with Gasteiger partial charge in [0.05, 0.1) is 31.5 Å². The van der Waals surface area contributed by atoms with E-state index < -0.39 is 57.0 Å². The van der Waals surface area contributed by atoms with E-state index in [4.69, 9.17) is 32.7 Å². The van der Waals surface area contributed by atoms with Crippen LogP contribution in [-0.4, -0.2) is 73.3 Å². The van der Waals surface area contributed by atoms with Crippen LogP contribution >= 0.6 is 39.1 Å². The molecule has 0 spiro atoms. The highest BCUT2D eigenvalue weighted by Gasteiger charge is 2.76. The highest BCUT2D eigenvalue weighted by atomic mass is 79.9. The van der Waals surface area contributed by atoms with Gasteiger partial charge in [0, 0.05) is 23.6 Å². The van der Waals surface area contributed by atoms with Crippen molar-refractivity contribution in [2.24, 2.45) is 17.8 Å². The maximum atomic E-state index is 13.7. The molecular weight excluding hydrogens is 583 g/mol. The number of phenols is 1. The molecule has 1 aromatic rings. The number of amides is 4. The molecule has 4 amide bonds. The highest BCUT2D eigenvalue weighted by molar-refractivity contribution is 9.09. The standard InChI is InChI=1S/C23H21BrCl2N2O8/c1-35-9-5-13(29)16(14(6-9)36-2)17-10-3-4-11-15(19(31)28(34)18(11)30)12(10)7-22(25)20(32)27(8-24)21(33)23(17,22)26/h3,5-6,11-12,15,17,29,34H,4,7-8H2,1-2H3/t11-,12+,15-,17+,22+,23-/m0/s1. The maximum Gasteiger partial charge on any atom is 0.257 e. The van der Waals surface area contributed by atoms with Crippen molar-refractivity contribution in [3.63, 3.8) is 0 Å². The van der Waals surface area contributed by atoms with Gasteiger partial charge >= 0.3 is 0 Å². The minimum atomic E-state index is -2.10. The summed E-state index contributed by atoms with van der Waals surface area (Å²) in [6.45, 7) is 0. The van der Waals surface area contributed by atoms with E-state index in [2.05, 4.69) is 15.9 Å². The van der Waals surface area contributed by atoms with E-state index in [0.717, 1.165) is 4.90 Å². The van der Waals surface area contributed by atoms with Crippen LogP contribution in [0.15, 0.2) is 23.8 Å². The number of hydrogen-bond donors (Lipinski definition) is 2. The molecular formula is C23H21BrCl2N2O8. The van der Waals surface area contributed by atoms with Crippen molar-refractivity contribution < 1.29 is 39.0 Å². The Kier molecular flexibility index (Phi) is 5.86. The van der Waals surface area contributed by atoms with E-state index in [1.165, 1.54) is 26.4 Å². The lowest BCUT2D eigenvalue weighted by atomic mass is 9.56. The number of ether oxygens (including phenoxy) is 2. The van der Waals surface area contributed by atoms with E-state index in [-0.39, 0.29) is 46.2 Å². The summed E-state index contributed by atoms with van der Waals surface area (Å²) in [5, 5.41) is 21.3. The number of rotatable bonds is 4. The molecule has 2 aliphatic heterocycles. The van der Waals surface area contributed by atoms with Gasteiger partial charge in [-0.2, -0.15) is 5.06 Å². The molecule has 4 aliphatic rings. The minimum absolute atomic E-state index is 0.0837. The number of alkyl halides is 3. The van der Waals surface area contributed by atoms with Gasteiger partial charge in [0.1, 0.15) is 17.2 Å². The molecule has 36 heavy (non-hydrogen) atoms. The van der Waals surface area contributed by atoms with E-state index in [0.29, 0.717) is 5.57 Å². The number of allylic oxidation sites excluding steroid dienone is 2. The molecule has 1 aromatic carbocycles. The van der Waals surface area contributed by atoms with E-state index in [9.17, 15) is 29.5 Å². The molecule has 3 fully saturated rings. The lowest BCUT2D eigenvalue weighted by Crippen LogP contribution is -2.60. The Labute approximate surface area is 223 Å². The highest BCUT2D eigenvalue weighted by Crippen LogP contribution is 2.67. The Morgan fingerprint density at radius 2 is 1.78 bits per heavy atom. The SMILES string of the molecule is COc1cc(O)c([C@H]2C3=CC[C@@H]4C(=O)N(O)C(=O)[C@@H]4[C@@H]3C[C@@]3(Cl)C(=O)N(CBr)C(=O)[C@@]23Cl)c(OC)c1. The summed E-state index contributed by atoms with van der Waals surface area (Å²) in [6.07, 6.45) is 1.53. The third-order valence-corrected chi connectivity index (χ3v) is 9.74. The van der Waals surface area contributed by atoms with Gasteiger partial charge in [-0.25, -0.2) is 0 Å². The first-order valence-corrected chi connectivity index (χ1v) is 12.9. The van der Waals surface area contributed by atoms with Crippen molar-refractivity contribution in [1.29, 1.82) is 0 Å². The van der Waals surface area contributed by atoms with Gasteiger partial charge < -0.3 is 14.6 Å². The number of aromatic hydroxyl groups is 1. The van der Waals surface area contributed by atoms with Crippen LogP contribution in [0.3, 0.4) is 0 Å². The number of phenolic OH excluding ortho intramolecular Hbond substituents is 1. The average molecular weight is 604 g/mol. The molecule has 6 atom stereocenters. The molecule has 1 saturated carbocycles. The second kappa shape index (κ2) is 8.34. The number of hydroxylamine groups is 2. The van der Waals surface area contributed by atoms with Crippen LogP contribution in [0.1, 0.15) is 24.3 Å². The summed E-state index contributed by atoms with van der Waals surface area (Å²) in [5.74, 6) is -6.96. The van der Waals surface area contributed by atoms with Gasteiger partial charge in [-0.1, -0.05) is 27.6 Å². The predicted octanol–water partition coefficient (Wildman–Crippen LogP) is 2.51. The molecule has 13 heteroatoms. The van der Waals surface area contributed by atoms with Gasteiger partial charge in [-0.15, -0.1) is 23.2 Å². The monoisotopic (exact) mass is 602 g/mol. The molecule has 2 saturated heterocycles. The number of likely N-dealkylation sites (tertiary alicyclic amines) is 1. The van der Waals surface area contributed by atoms with E-state index in [1.54, 1.807) is 6.08 Å². The Bertz CT molecular complexity index is 1260. The fraction of sp³-hybridized carbons (Fsp3) is 0.478. The number of carbonyl (C=O) groups is 4. The molecule has 0 bridgehead atoms. The van der Waals surface area contributed by atoms with Crippen LogP contribution in [0.25, 0.3) is 0 Å². The predicted molar refractivity (Wildman–Crippen MR) is 128 cm³/mol. The van der Waals surface area contributed by atoms with Gasteiger partial charge in [0.15, 0.2) is 9.75 Å². The first kappa shape index (κ1) is 25.3. The Morgan fingerprint density at radius 3 is 2.39 bits per heavy atom. The summed E-state index contributed by atoms with van der Waals surface area (Å²) in [4.78, 5) is 49.5.